The van der Waals surface area contributed by atoms with Gasteiger partial charge in [-0.3, -0.25) is 0 Å². The Morgan fingerprint density at radius 3 is 1.91 bits per heavy atom. The molecular formula is C28H48O5Si. The molecule has 6 heteroatoms. The zero-order valence-corrected chi connectivity index (χ0v) is 23.5. The molecule has 0 radical (unpaired) electrons. The fraction of sp³-hybridized carbons (Fsp3) is 0.643. The lowest BCUT2D eigenvalue weighted by atomic mass is 9.92. The Bertz CT molecular complexity index is 679. The molecule has 0 bridgehead atoms. The van der Waals surface area contributed by atoms with Crippen LogP contribution in [-0.4, -0.2) is 46.1 Å². The van der Waals surface area contributed by atoms with E-state index < -0.39 is 14.4 Å². The molecule has 1 aromatic rings. The molecule has 0 saturated heterocycles. The van der Waals surface area contributed by atoms with Gasteiger partial charge in [-0.25, -0.2) is 0 Å². The molecule has 1 rings (SSSR count). The highest BCUT2D eigenvalue weighted by molar-refractivity contribution is 6.77. The van der Waals surface area contributed by atoms with E-state index in [-0.39, 0.29) is 18.8 Å². The highest BCUT2D eigenvalue weighted by Crippen LogP contribution is 2.44. The SMILES string of the molecule is C=CC[C@@H](O)[C@H](COCOCc1ccc(OC)cc1)[C@@H](CC=C)O[Si](C(C)C)(C(C)C)C(C)C. The van der Waals surface area contributed by atoms with Crippen molar-refractivity contribution in [3.8, 4) is 5.75 Å². The minimum absolute atomic E-state index is 0.144. The van der Waals surface area contributed by atoms with E-state index in [1.165, 1.54) is 0 Å². The third-order valence-electron chi connectivity index (χ3n) is 6.75. The average molecular weight is 493 g/mol. The summed E-state index contributed by atoms with van der Waals surface area (Å²) >= 11 is 0. The average Bonchev–Trinajstić information content (AvgIpc) is 2.79. The summed E-state index contributed by atoms with van der Waals surface area (Å²) in [7, 11) is -0.499. The maximum Gasteiger partial charge on any atom is 0.200 e. The predicted molar refractivity (Wildman–Crippen MR) is 144 cm³/mol. The van der Waals surface area contributed by atoms with Crippen LogP contribution in [0.15, 0.2) is 49.6 Å². The maximum atomic E-state index is 11.0. The number of benzene rings is 1. The molecule has 0 unspecified atom stereocenters. The van der Waals surface area contributed by atoms with Crippen LogP contribution >= 0.6 is 0 Å². The Balaban J connectivity index is 2.91. The molecule has 3 atom stereocenters. The second-order valence-corrected chi connectivity index (χ2v) is 15.3. The lowest BCUT2D eigenvalue weighted by Gasteiger charge is -2.46. The van der Waals surface area contributed by atoms with Crippen LogP contribution < -0.4 is 4.74 Å². The monoisotopic (exact) mass is 492 g/mol. The van der Waals surface area contributed by atoms with Gasteiger partial charge in [0.2, 0.25) is 8.32 Å². The number of aliphatic hydroxyl groups excluding tert-OH is 1. The molecule has 5 nitrogen and oxygen atoms in total. The number of rotatable bonds is 18. The molecular weight excluding hydrogens is 444 g/mol. The minimum atomic E-state index is -2.15. The molecule has 0 amide bonds. The first-order valence-corrected chi connectivity index (χ1v) is 14.6. The van der Waals surface area contributed by atoms with Crippen LogP contribution in [0, 0.1) is 5.92 Å². The Morgan fingerprint density at radius 2 is 1.44 bits per heavy atom. The molecule has 1 N–H and O–H groups in total. The van der Waals surface area contributed by atoms with Crippen molar-refractivity contribution in [1.29, 1.82) is 0 Å². The van der Waals surface area contributed by atoms with Gasteiger partial charge >= 0.3 is 0 Å². The van der Waals surface area contributed by atoms with Gasteiger partial charge in [0.15, 0.2) is 0 Å². The van der Waals surface area contributed by atoms with Crippen molar-refractivity contribution >= 4 is 8.32 Å². The van der Waals surface area contributed by atoms with Crippen LogP contribution in [0.1, 0.15) is 59.9 Å². The summed E-state index contributed by atoms with van der Waals surface area (Å²) in [6.07, 6.45) is 4.00. The van der Waals surface area contributed by atoms with Gasteiger partial charge in [0.25, 0.3) is 0 Å². The van der Waals surface area contributed by atoms with E-state index in [2.05, 4.69) is 54.7 Å². The summed E-state index contributed by atoms with van der Waals surface area (Å²) in [4.78, 5) is 0. The first-order chi connectivity index (χ1) is 16.1. The summed E-state index contributed by atoms with van der Waals surface area (Å²) in [5, 5.41) is 11.0. The van der Waals surface area contributed by atoms with Gasteiger partial charge in [-0.1, -0.05) is 65.8 Å². The number of methoxy groups -OCH3 is 1. The zero-order valence-electron chi connectivity index (χ0n) is 22.5. The third kappa shape index (κ3) is 8.65. The van der Waals surface area contributed by atoms with Gasteiger partial charge in [-0.05, 0) is 47.2 Å². The lowest BCUT2D eigenvalue weighted by Crippen LogP contribution is -2.53. The van der Waals surface area contributed by atoms with Crippen LogP contribution in [0.25, 0.3) is 0 Å². The van der Waals surface area contributed by atoms with Crippen molar-refractivity contribution in [2.75, 3.05) is 20.5 Å². The summed E-state index contributed by atoms with van der Waals surface area (Å²) in [6, 6.07) is 7.76. The normalized spacial score (nSPS) is 14.9. The smallest absolute Gasteiger partial charge is 0.200 e. The van der Waals surface area contributed by atoms with E-state index in [0.29, 0.717) is 42.7 Å². The molecule has 0 aliphatic heterocycles. The van der Waals surface area contributed by atoms with Crippen molar-refractivity contribution in [3.63, 3.8) is 0 Å². The lowest BCUT2D eigenvalue weighted by molar-refractivity contribution is -0.101. The molecule has 0 aromatic heterocycles. The maximum absolute atomic E-state index is 11.0. The van der Waals surface area contributed by atoms with Crippen molar-refractivity contribution in [1.82, 2.24) is 0 Å². The molecule has 1 aromatic carbocycles. The Labute approximate surface area is 209 Å². The number of hydrogen-bond donors (Lipinski definition) is 1. The molecule has 0 fully saturated rings. The Kier molecular flexibility index (Phi) is 14.0. The fourth-order valence-electron chi connectivity index (χ4n) is 5.08. The standard InChI is InChI=1S/C28H48O5Si/c1-10-12-27(29)26(19-32-20-31-18-24-14-16-25(30-9)17-15-24)28(13-11-2)33-34(21(3)4,22(5)6)23(7)8/h10-11,14-17,21-23,26-29H,1-2,12-13,18-20H2,3-9H3/t26-,27+,28+/m0/s1. The summed E-state index contributed by atoms with van der Waals surface area (Å²) in [5.41, 5.74) is 2.39. The molecule has 34 heavy (non-hydrogen) atoms. The van der Waals surface area contributed by atoms with Gasteiger partial charge in [0.1, 0.15) is 12.5 Å². The second kappa shape index (κ2) is 15.5. The molecule has 0 spiro atoms. The van der Waals surface area contributed by atoms with Crippen molar-refractivity contribution < 1.29 is 23.7 Å². The molecule has 194 valence electrons. The summed E-state index contributed by atoms with van der Waals surface area (Å²) in [6.45, 7) is 22.4. The third-order valence-corrected chi connectivity index (χ3v) is 12.9. The minimum Gasteiger partial charge on any atom is -0.497 e. The Hall–Kier alpha value is -1.44. The van der Waals surface area contributed by atoms with E-state index in [4.69, 9.17) is 18.6 Å². The van der Waals surface area contributed by atoms with Crippen LogP contribution in [0.5, 0.6) is 5.75 Å². The largest absolute Gasteiger partial charge is 0.497 e. The summed E-state index contributed by atoms with van der Waals surface area (Å²) in [5.74, 6) is 0.611. The van der Waals surface area contributed by atoms with E-state index in [1.807, 2.05) is 30.3 Å². The van der Waals surface area contributed by atoms with E-state index in [0.717, 1.165) is 11.3 Å². The topological polar surface area (TPSA) is 57.2 Å². The fourth-order valence-corrected chi connectivity index (χ4v) is 10.7. The number of aliphatic hydroxyl groups is 1. The summed E-state index contributed by atoms with van der Waals surface area (Å²) < 4.78 is 23.9. The van der Waals surface area contributed by atoms with Gasteiger partial charge in [0, 0.05) is 5.92 Å². The molecule has 0 saturated carbocycles. The van der Waals surface area contributed by atoms with E-state index >= 15 is 0 Å². The van der Waals surface area contributed by atoms with Crippen LogP contribution in [-0.2, 0) is 20.5 Å². The highest BCUT2D eigenvalue weighted by Gasteiger charge is 2.48. The van der Waals surface area contributed by atoms with Gasteiger partial charge < -0.3 is 23.7 Å². The van der Waals surface area contributed by atoms with Crippen molar-refractivity contribution in [2.24, 2.45) is 5.92 Å². The van der Waals surface area contributed by atoms with Gasteiger partial charge in [-0.15, -0.1) is 13.2 Å². The van der Waals surface area contributed by atoms with Crippen LogP contribution in [0.3, 0.4) is 0 Å². The molecule has 0 aliphatic carbocycles. The van der Waals surface area contributed by atoms with E-state index in [9.17, 15) is 5.11 Å². The predicted octanol–water partition coefficient (Wildman–Crippen LogP) is 6.88. The molecule has 0 heterocycles. The Morgan fingerprint density at radius 1 is 0.882 bits per heavy atom. The first-order valence-electron chi connectivity index (χ1n) is 12.5. The van der Waals surface area contributed by atoms with Crippen molar-refractivity contribution in [2.45, 2.75) is 89.8 Å². The number of hydrogen-bond acceptors (Lipinski definition) is 5. The van der Waals surface area contributed by atoms with Gasteiger partial charge in [-0.2, -0.15) is 0 Å². The second-order valence-electron chi connectivity index (χ2n) is 9.94. The van der Waals surface area contributed by atoms with Crippen LogP contribution in [0.4, 0.5) is 0 Å². The first kappa shape index (κ1) is 30.6. The van der Waals surface area contributed by atoms with Crippen LogP contribution in [0.2, 0.25) is 16.6 Å². The molecule has 0 aliphatic rings. The van der Waals surface area contributed by atoms with Crippen molar-refractivity contribution in [3.05, 3.63) is 55.1 Å². The quantitative estimate of drug-likeness (QED) is 0.105. The van der Waals surface area contributed by atoms with Gasteiger partial charge in [0.05, 0.1) is 32.5 Å². The highest BCUT2D eigenvalue weighted by atomic mass is 28.4. The van der Waals surface area contributed by atoms with E-state index in [1.54, 1.807) is 13.2 Å². The number of ether oxygens (including phenoxy) is 3. The zero-order chi connectivity index (χ0) is 25.7.